The van der Waals surface area contributed by atoms with Crippen molar-refractivity contribution in [3.8, 4) is 12.1 Å². The van der Waals surface area contributed by atoms with Crippen LogP contribution in [0.1, 0.15) is 41.6 Å². The molecule has 0 aliphatic carbocycles. The molecule has 11 nitrogen and oxygen atoms in total. The Balaban J connectivity index is 1.16. The average molecular weight is 660 g/mol. The van der Waals surface area contributed by atoms with E-state index in [4.69, 9.17) is 19.4 Å². The molecule has 0 saturated carbocycles. The van der Waals surface area contributed by atoms with E-state index in [1.54, 1.807) is 9.80 Å². The zero-order chi connectivity index (χ0) is 33.9. The van der Waals surface area contributed by atoms with Crippen molar-refractivity contribution < 1.29 is 19.1 Å². The third-order valence-corrected chi connectivity index (χ3v) is 10.0. The van der Waals surface area contributed by atoms with Gasteiger partial charge in [0.15, 0.2) is 0 Å². The van der Waals surface area contributed by atoms with Crippen LogP contribution in [0.4, 0.5) is 16.3 Å². The summed E-state index contributed by atoms with van der Waals surface area (Å²) in [5.74, 6) is 0.898. The molecule has 2 amide bonds. The van der Waals surface area contributed by atoms with Gasteiger partial charge in [0.1, 0.15) is 19.0 Å². The third kappa shape index (κ3) is 6.68. The van der Waals surface area contributed by atoms with Crippen molar-refractivity contribution in [3.63, 3.8) is 0 Å². The summed E-state index contributed by atoms with van der Waals surface area (Å²) in [6, 6.07) is 24.5. The number of anilines is 2. The predicted molar refractivity (Wildman–Crippen MR) is 186 cm³/mol. The van der Waals surface area contributed by atoms with E-state index < -0.39 is 6.09 Å². The number of nitriles is 1. The molecule has 3 aromatic carbocycles. The van der Waals surface area contributed by atoms with Crippen molar-refractivity contribution in [2.45, 2.75) is 57.8 Å². The summed E-state index contributed by atoms with van der Waals surface area (Å²) in [7, 11) is 1.81. The molecule has 0 N–H and O–H groups in total. The Morgan fingerprint density at radius 1 is 0.959 bits per heavy atom. The fourth-order valence-electron chi connectivity index (χ4n) is 7.29. The molecule has 49 heavy (non-hydrogen) atoms. The lowest BCUT2D eigenvalue weighted by Crippen LogP contribution is -2.55. The number of nitrogens with zero attached hydrogens (tertiary/aromatic N) is 7. The second-order valence-corrected chi connectivity index (χ2v) is 13.1. The maximum atomic E-state index is 13.2. The highest BCUT2D eigenvalue weighted by molar-refractivity contribution is 5.97. The second-order valence-electron chi connectivity index (χ2n) is 13.1. The molecule has 0 unspecified atom stereocenters. The number of hydrogen-bond donors (Lipinski definition) is 0. The molecule has 2 saturated heterocycles. The molecule has 1 aromatic heterocycles. The van der Waals surface area contributed by atoms with Crippen LogP contribution in [0.5, 0.6) is 6.01 Å². The van der Waals surface area contributed by atoms with Crippen molar-refractivity contribution >= 4 is 34.3 Å². The van der Waals surface area contributed by atoms with Crippen molar-refractivity contribution in [1.29, 1.82) is 5.26 Å². The number of likely N-dealkylation sites (tertiary alicyclic amines) is 1. The SMILES string of the molecule is Cc1cccc2cccc(N3CCc4c(nc(OC[C@@H]5CCC(=O)N5C)nc4N4CCN(C(=O)OCc5ccccc5)[C@@H](CC#N)C4)C3)c12. The molecule has 2 fully saturated rings. The van der Waals surface area contributed by atoms with Gasteiger partial charge in [0.25, 0.3) is 0 Å². The summed E-state index contributed by atoms with van der Waals surface area (Å²) >= 11 is 0. The summed E-state index contributed by atoms with van der Waals surface area (Å²) in [6.45, 7) is 5.36. The van der Waals surface area contributed by atoms with Gasteiger partial charge in [-0.05, 0) is 42.3 Å². The number of aromatic nitrogens is 2. The van der Waals surface area contributed by atoms with E-state index in [1.807, 2.05) is 37.4 Å². The first-order valence-corrected chi connectivity index (χ1v) is 17.0. The van der Waals surface area contributed by atoms with Crippen molar-refractivity contribution in [3.05, 3.63) is 89.1 Å². The van der Waals surface area contributed by atoms with Gasteiger partial charge >= 0.3 is 12.1 Å². The monoisotopic (exact) mass is 659 g/mol. The number of amides is 2. The van der Waals surface area contributed by atoms with Crippen LogP contribution < -0.4 is 14.5 Å². The molecule has 0 bridgehead atoms. The molecule has 252 valence electrons. The van der Waals surface area contributed by atoms with Gasteiger partial charge in [0.2, 0.25) is 5.91 Å². The maximum Gasteiger partial charge on any atom is 0.410 e. The number of ether oxygens (including phenoxy) is 2. The highest BCUT2D eigenvalue weighted by Gasteiger charge is 2.35. The fourth-order valence-corrected chi connectivity index (χ4v) is 7.29. The molecule has 3 aliphatic heterocycles. The molecular weight excluding hydrogens is 618 g/mol. The number of carbonyl (C=O) groups excluding carboxylic acids is 2. The van der Waals surface area contributed by atoms with Crippen molar-refractivity contribution in [1.82, 2.24) is 19.8 Å². The summed E-state index contributed by atoms with van der Waals surface area (Å²) in [4.78, 5) is 43.3. The van der Waals surface area contributed by atoms with Crippen LogP contribution in [-0.4, -0.2) is 83.7 Å². The zero-order valence-electron chi connectivity index (χ0n) is 28.0. The molecule has 11 heteroatoms. The molecule has 0 spiro atoms. The zero-order valence-corrected chi connectivity index (χ0v) is 28.0. The van der Waals surface area contributed by atoms with Gasteiger partial charge in [-0.3, -0.25) is 4.79 Å². The van der Waals surface area contributed by atoms with Gasteiger partial charge in [-0.2, -0.15) is 15.2 Å². The number of fused-ring (bicyclic) bond motifs is 2. The first-order chi connectivity index (χ1) is 23.9. The van der Waals surface area contributed by atoms with E-state index in [2.05, 4.69) is 59.2 Å². The highest BCUT2D eigenvalue weighted by atomic mass is 16.6. The minimum atomic E-state index is -0.422. The standard InChI is InChI=1S/C38H41N7O4/c1-26-8-6-11-28-12-7-13-33(35(26)28)43-19-17-31-32(23-43)40-37(48-25-30-14-15-34(46)42(30)2)41-36(31)44-20-21-45(29(22-44)16-18-39)38(47)49-24-27-9-4-3-5-10-27/h3-13,29-30H,14-17,19-25H2,1-2H3/t29-,30-/m0/s1. The normalized spacial score (nSPS) is 19.2. The lowest BCUT2D eigenvalue weighted by Gasteiger charge is -2.42. The molecule has 2 atom stereocenters. The largest absolute Gasteiger partial charge is 0.461 e. The van der Waals surface area contributed by atoms with E-state index in [-0.39, 0.29) is 37.0 Å². The topological polar surface area (TPSA) is 115 Å². The number of piperazine rings is 1. The second kappa shape index (κ2) is 14.0. The van der Waals surface area contributed by atoms with Crippen molar-refractivity contribution in [2.75, 3.05) is 49.6 Å². The van der Waals surface area contributed by atoms with Gasteiger partial charge < -0.3 is 29.1 Å². The van der Waals surface area contributed by atoms with Crippen LogP contribution in [0.15, 0.2) is 66.7 Å². The smallest absolute Gasteiger partial charge is 0.410 e. The van der Waals surface area contributed by atoms with Gasteiger partial charge in [-0.15, -0.1) is 0 Å². The Morgan fingerprint density at radius 3 is 2.55 bits per heavy atom. The van der Waals surface area contributed by atoms with Crippen LogP contribution in [0.2, 0.25) is 0 Å². The number of likely N-dealkylation sites (N-methyl/N-ethyl adjacent to an activating group) is 1. The molecule has 3 aliphatic rings. The lowest BCUT2D eigenvalue weighted by atomic mass is 9.99. The Hall–Kier alpha value is -5.37. The predicted octanol–water partition coefficient (Wildman–Crippen LogP) is 5.24. The van der Waals surface area contributed by atoms with E-state index in [1.165, 1.54) is 22.0 Å². The van der Waals surface area contributed by atoms with Gasteiger partial charge in [-0.1, -0.05) is 60.7 Å². The molecule has 4 aromatic rings. The summed E-state index contributed by atoms with van der Waals surface area (Å²) in [6.07, 6.45) is 1.73. The quantitative estimate of drug-likeness (QED) is 0.251. The van der Waals surface area contributed by atoms with E-state index >= 15 is 0 Å². The van der Waals surface area contributed by atoms with E-state index in [0.29, 0.717) is 39.2 Å². The van der Waals surface area contributed by atoms with Crippen LogP contribution in [0.3, 0.4) is 0 Å². The minimum Gasteiger partial charge on any atom is -0.461 e. The summed E-state index contributed by atoms with van der Waals surface area (Å²) < 4.78 is 11.9. The molecule has 7 rings (SSSR count). The summed E-state index contributed by atoms with van der Waals surface area (Å²) in [5.41, 5.74) is 5.27. The molecule has 4 heterocycles. The first-order valence-electron chi connectivity index (χ1n) is 17.0. The van der Waals surface area contributed by atoms with Crippen molar-refractivity contribution in [2.24, 2.45) is 0 Å². The number of carbonyl (C=O) groups is 2. The van der Waals surface area contributed by atoms with Crippen LogP contribution in [-0.2, 0) is 29.1 Å². The number of rotatable bonds is 8. The van der Waals surface area contributed by atoms with Crippen LogP contribution in [0.25, 0.3) is 10.8 Å². The Labute approximate surface area is 286 Å². The van der Waals surface area contributed by atoms with Gasteiger partial charge in [0.05, 0.1) is 36.8 Å². The number of hydrogen-bond acceptors (Lipinski definition) is 9. The average Bonchev–Trinajstić information content (AvgIpc) is 3.45. The van der Waals surface area contributed by atoms with Gasteiger partial charge in [0, 0.05) is 56.3 Å². The highest BCUT2D eigenvalue weighted by Crippen LogP contribution is 2.36. The molecular formula is C38H41N7O4. The van der Waals surface area contributed by atoms with Crippen LogP contribution >= 0.6 is 0 Å². The van der Waals surface area contributed by atoms with Crippen LogP contribution in [0, 0.1) is 18.3 Å². The fraction of sp³-hybridized carbons (Fsp3) is 0.395. The Morgan fingerprint density at radius 2 is 1.78 bits per heavy atom. The number of benzene rings is 3. The third-order valence-electron chi connectivity index (χ3n) is 10.0. The summed E-state index contributed by atoms with van der Waals surface area (Å²) in [5, 5.41) is 12.2. The minimum absolute atomic E-state index is 0.0313. The van der Waals surface area contributed by atoms with E-state index in [9.17, 15) is 14.9 Å². The first kappa shape index (κ1) is 32.2. The van der Waals surface area contributed by atoms with Gasteiger partial charge in [-0.25, -0.2) is 4.79 Å². The Bertz CT molecular complexity index is 1890. The number of aryl methyl sites for hydroxylation is 1. The lowest BCUT2D eigenvalue weighted by molar-refractivity contribution is -0.127. The Kier molecular flexibility index (Phi) is 9.20. The van der Waals surface area contributed by atoms with E-state index in [0.717, 1.165) is 42.0 Å². The maximum absolute atomic E-state index is 13.2. The molecule has 0 radical (unpaired) electrons.